The normalized spacial score (nSPS) is 10.4. The van der Waals surface area contributed by atoms with Crippen molar-refractivity contribution in [3.8, 4) is 5.75 Å². The molecular weight excluding hydrogens is 268 g/mol. The number of nitro groups is 1. The van der Waals surface area contributed by atoms with Gasteiger partial charge in [0.15, 0.2) is 0 Å². The number of ether oxygens (including phenoxy) is 1. The van der Waals surface area contributed by atoms with E-state index in [1.54, 1.807) is 12.1 Å². The van der Waals surface area contributed by atoms with Crippen molar-refractivity contribution in [1.82, 2.24) is 0 Å². The Morgan fingerprint density at radius 1 is 1.10 bits per heavy atom. The number of nitro benzene ring substituents is 1. The molecule has 0 saturated heterocycles. The molecule has 2 aromatic rings. The molecule has 0 amide bonds. The Morgan fingerprint density at radius 2 is 1.67 bits per heavy atom. The summed E-state index contributed by atoms with van der Waals surface area (Å²) in [7, 11) is 0. The SMILES string of the molecule is Cc1cc(CN)cc(C)c1OCc1ccc([N+](=O)[O-])cc1. The lowest BCUT2D eigenvalue weighted by molar-refractivity contribution is -0.384. The van der Waals surface area contributed by atoms with Crippen molar-refractivity contribution in [2.24, 2.45) is 5.73 Å². The van der Waals surface area contributed by atoms with E-state index in [0.29, 0.717) is 13.2 Å². The van der Waals surface area contributed by atoms with Gasteiger partial charge in [0.1, 0.15) is 12.4 Å². The minimum atomic E-state index is -0.412. The van der Waals surface area contributed by atoms with Gasteiger partial charge in [0.05, 0.1) is 4.92 Å². The number of benzene rings is 2. The quantitative estimate of drug-likeness (QED) is 0.676. The second-order valence-corrected chi connectivity index (χ2v) is 4.98. The molecule has 21 heavy (non-hydrogen) atoms. The van der Waals surface area contributed by atoms with E-state index in [-0.39, 0.29) is 5.69 Å². The summed E-state index contributed by atoms with van der Waals surface area (Å²) in [6.45, 7) is 4.85. The van der Waals surface area contributed by atoms with Gasteiger partial charge >= 0.3 is 0 Å². The first-order valence-electron chi connectivity index (χ1n) is 6.67. The first kappa shape index (κ1) is 15.0. The van der Waals surface area contributed by atoms with Crippen LogP contribution in [0.3, 0.4) is 0 Å². The molecule has 0 unspecified atom stereocenters. The van der Waals surface area contributed by atoms with Gasteiger partial charge in [-0.25, -0.2) is 0 Å². The third-order valence-electron chi connectivity index (χ3n) is 3.29. The van der Waals surface area contributed by atoms with Crippen LogP contribution in [0.1, 0.15) is 22.3 Å². The molecule has 0 heterocycles. The fourth-order valence-electron chi connectivity index (χ4n) is 2.25. The molecular formula is C16H18N2O3. The summed E-state index contributed by atoms with van der Waals surface area (Å²) < 4.78 is 5.84. The Labute approximate surface area is 123 Å². The molecule has 0 saturated carbocycles. The van der Waals surface area contributed by atoms with Gasteiger partial charge in [-0.1, -0.05) is 12.1 Å². The van der Waals surface area contributed by atoms with Crippen molar-refractivity contribution < 1.29 is 9.66 Å². The summed E-state index contributed by atoms with van der Waals surface area (Å²) >= 11 is 0. The van der Waals surface area contributed by atoms with Gasteiger partial charge in [-0.15, -0.1) is 0 Å². The monoisotopic (exact) mass is 286 g/mol. The highest BCUT2D eigenvalue weighted by atomic mass is 16.6. The minimum Gasteiger partial charge on any atom is -0.488 e. The van der Waals surface area contributed by atoms with Gasteiger partial charge in [0.25, 0.3) is 5.69 Å². The van der Waals surface area contributed by atoms with Gasteiger partial charge < -0.3 is 10.5 Å². The summed E-state index contributed by atoms with van der Waals surface area (Å²) in [6.07, 6.45) is 0. The van der Waals surface area contributed by atoms with Crippen LogP contribution in [0.15, 0.2) is 36.4 Å². The lowest BCUT2D eigenvalue weighted by Gasteiger charge is -2.13. The van der Waals surface area contributed by atoms with Crippen LogP contribution < -0.4 is 10.5 Å². The average Bonchev–Trinajstić information content (AvgIpc) is 2.46. The highest BCUT2D eigenvalue weighted by molar-refractivity contribution is 5.43. The Balaban J connectivity index is 2.11. The van der Waals surface area contributed by atoms with Gasteiger partial charge in [0, 0.05) is 18.7 Å². The molecule has 0 spiro atoms. The first-order valence-corrected chi connectivity index (χ1v) is 6.67. The Morgan fingerprint density at radius 3 is 2.14 bits per heavy atom. The topological polar surface area (TPSA) is 78.4 Å². The zero-order chi connectivity index (χ0) is 15.4. The number of nitrogens with two attached hydrogens (primary N) is 1. The fraction of sp³-hybridized carbons (Fsp3) is 0.250. The van der Waals surface area contributed by atoms with Crippen LogP contribution in [0.4, 0.5) is 5.69 Å². The molecule has 2 aromatic carbocycles. The predicted molar refractivity (Wildman–Crippen MR) is 81.2 cm³/mol. The molecule has 5 heteroatoms. The molecule has 0 atom stereocenters. The summed E-state index contributed by atoms with van der Waals surface area (Å²) in [4.78, 5) is 10.2. The number of non-ortho nitro benzene ring substituents is 1. The molecule has 110 valence electrons. The van der Waals surface area contributed by atoms with Gasteiger partial charge in [-0.05, 0) is 48.2 Å². The maximum absolute atomic E-state index is 10.6. The largest absolute Gasteiger partial charge is 0.488 e. The Kier molecular flexibility index (Phi) is 4.55. The molecule has 2 N–H and O–H groups in total. The number of hydrogen-bond donors (Lipinski definition) is 1. The molecule has 0 aromatic heterocycles. The molecule has 2 rings (SSSR count). The van der Waals surface area contributed by atoms with Crippen molar-refractivity contribution in [1.29, 1.82) is 0 Å². The molecule has 0 bridgehead atoms. The van der Waals surface area contributed by atoms with Crippen LogP contribution in [-0.4, -0.2) is 4.92 Å². The molecule has 0 aliphatic rings. The predicted octanol–water partition coefficient (Wildman–Crippen LogP) is 3.25. The van der Waals surface area contributed by atoms with E-state index in [0.717, 1.165) is 28.0 Å². The van der Waals surface area contributed by atoms with Crippen LogP contribution in [0.5, 0.6) is 5.75 Å². The molecule has 5 nitrogen and oxygen atoms in total. The number of nitrogens with zero attached hydrogens (tertiary/aromatic N) is 1. The molecule has 0 fully saturated rings. The molecule has 0 aliphatic heterocycles. The lowest BCUT2D eigenvalue weighted by atomic mass is 10.1. The summed E-state index contributed by atoms with van der Waals surface area (Å²) in [5.41, 5.74) is 9.77. The number of aryl methyl sites for hydroxylation is 2. The van der Waals surface area contributed by atoms with Crippen molar-refractivity contribution in [3.05, 3.63) is 68.8 Å². The first-order chi connectivity index (χ1) is 10.0. The lowest BCUT2D eigenvalue weighted by Crippen LogP contribution is -2.02. The third kappa shape index (κ3) is 3.58. The maximum Gasteiger partial charge on any atom is 0.269 e. The number of hydrogen-bond acceptors (Lipinski definition) is 4. The standard InChI is InChI=1S/C16H18N2O3/c1-11-7-14(9-17)8-12(2)16(11)21-10-13-3-5-15(6-4-13)18(19)20/h3-8H,9-10,17H2,1-2H3. The van der Waals surface area contributed by atoms with Crippen molar-refractivity contribution in [2.75, 3.05) is 0 Å². The minimum absolute atomic E-state index is 0.0819. The van der Waals surface area contributed by atoms with E-state index in [9.17, 15) is 10.1 Å². The van der Waals surface area contributed by atoms with Crippen molar-refractivity contribution in [2.45, 2.75) is 27.0 Å². The van der Waals surface area contributed by atoms with E-state index < -0.39 is 4.92 Å². The second kappa shape index (κ2) is 6.37. The van der Waals surface area contributed by atoms with Gasteiger partial charge in [0.2, 0.25) is 0 Å². The van der Waals surface area contributed by atoms with Gasteiger partial charge in [-0.2, -0.15) is 0 Å². The maximum atomic E-state index is 10.6. The van der Waals surface area contributed by atoms with Gasteiger partial charge in [-0.3, -0.25) is 10.1 Å². The smallest absolute Gasteiger partial charge is 0.269 e. The average molecular weight is 286 g/mol. The van der Waals surface area contributed by atoms with E-state index in [1.165, 1.54) is 12.1 Å². The summed E-state index contributed by atoms with van der Waals surface area (Å²) in [6, 6.07) is 10.4. The molecule has 0 radical (unpaired) electrons. The van der Waals surface area contributed by atoms with E-state index in [1.807, 2.05) is 26.0 Å². The van der Waals surface area contributed by atoms with Crippen molar-refractivity contribution >= 4 is 5.69 Å². The summed E-state index contributed by atoms with van der Waals surface area (Å²) in [5.74, 6) is 0.838. The summed E-state index contributed by atoms with van der Waals surface area (Å²) in [5, 5.41) is 10.6. The highest BCUT2D eigenvalue weighted by Crippen LogP contribution is 2.26. The Hall–Kier alpha value is -2.40. The zero-order valence-corrected chi connectivity index (χ0v) is 12.1. The second-order valence-electron chi connectivity index (χ2n) is 4.98. The van der Waals surface area contributed by atoms with E-state index in [4.69, 9.17) is 10.5 Å². The number of rotatable bonds is 5. The van der Waals surface area contributed by atoms with Crippen LogP contribution in [0.25, 0.3) is 0 Å². The van der Waals surface area contributed by atoms with E-state index >= 15 is 0 Å². The van der Waals surface area contributed by atoms with Crippen LogP contribution in [-0.2, 0) is 13.2 Å². The van der Waals surface area contributed by atoms with Crippen molar-refractivity contribution in [3.63, 3.8) is 0 Å². The van der Waals surface area contributed by atoms with Crippen LogP contribution in [0.2, 0.25) is 0 Å². The van der Waals surface area contributed by atoms with Crippen LogP contribution >= 0.6 is 0 Å². The fourth-order valence-corrected chi connectivity index (χ4v) is 2.25. The molecule has 0 aliphatic carbocycles. The van der Waals surface area contributed by atoms with E-state index in [2.05, 4.69) is 0 Å². The Bertz CT molecular complexity index is 628. The highest BCUT2D eigenvalue weighted by Gasteiger charge is 2.08. The third-order valence-corrected chi connectivity index (χ3v) is 3.29. The van der Waals surface area contributed by atoms with Crippen LogP contribution in [0, 0.1) is 24.0 Å². The zero-order valence-electron chi connectivity index (χ0n) is 12.1.